The van der Waals surface area contributed by atoms with Crippen LogP contribution < -0.4 is 5.32 Å². The molecule has 2 aromatic heterocycles. The second-order valence-corrected chi connectivity index (χ2v) is 5.98. The summed E-state index contributed by atoms with van der Waals surface area (Å²) in [5.74, 6) is 1.35. The summed E-state index contributed by atoms with van der Waals surface area (Å²) in [6.45, 7) is 4.65. The van der Waals surface area contributed by atoms with Crippen LogP contribution in [0.2, 0.25) is 0 Å². The quantitative estimate of drug-likeness (QED) is 0.774. The van der Waals surface area contributed by atoms with E-state index in [1.54, 1.807) is 6.20 Å². The molecule has 0 radical (unpaired) electrons. The Morgan fingerprint density at radius 3 is 2.77 bits per heavy atom. The van der Waals surface area contributed by atoms with E-state index < -0.39 is 0 Å². The fourth-order valence-corrected chi connectivity index (χ4v) is 2.69. The van der Waals surface area contributed by atoms with Crippen LogP contribution in [0.1, 0.15) is 17.0 Å². The number of anilines is 1. The fourth-order valence-electron chi connectivity index (χ4n) is 2.24. The highest BCUT2D eigenvalue weighted by Crippen LogP contribution is 2.14. The maximum absolute atomic E-state index is 4.52. The Labute approximate surface area is 137 Å². The summed E-state index contributed by atoms with van der Waals surface area (Å²) in [6.07, 6.45) is 1.74. The van der Waals surface area contributed by atoms with Gasteiger partial charge in [0.1, 0.15) is 0 Å². The van der Waals surface area contributed by atoms with Gasteiger partial charge in [0.05, 0.1) is 5.69 Å². The lowest BCUT2D eigenvalue weighted by Crippen LogP contribution is -2.07. The number of halogens is 1. The Kier molecular flexibility index (Phi) is 4.20. The zero-order valence-electron chi connectivity index (χ0n) is 12.4. The van der Waals surface area contributed by atoms with Gasteiger partial charge in [-0.15, -0.1) is 0 Å². The lowest BCUT2D eigenvalue weighted by molar-refractivity contribution is 0.800. The summed E-state index contributed by atoms with van der Waals surface area (Å²) in [7, 11) is 0. The molecule has 0 saturated heterocycles. The molecule has 0 aliphatic heterocycles. The zero-order chi connectivity index (χ0) is 15.5. The van der Waals surface area contributed by atoms with Crippen molar-refractivity contribution in [1.29, 1.82) is 0 Å². The predicted octanol–water partition coefficient (Wildman–Crippen LogP) is 3.65. The van der Waals surface area contributed by atoms with Crippen molar-refractivity contribution in [3.05, 3.63) is 64.0 Å². The second kappa shape index (κ2) is 6.27. The van der Waals surface area contributed by atoms with Crippen LogP contribution in [0.3, 0.4) is 0 Å². The van der Waals surface area contributed by atoms with Crippen LogP contribution in [0.4, 0.5) is 5.95 Å². The molecule has 22 heavy (non-hydrogen) atoms. The first-order valence-corrected chi connectivity index (χ1v) is 7.76. The van der Waals surface area contributed by atoms with Gasteiger partial charge in [0.2, 0.25) is 5.95 Å². The standard InChI is InChI=1S/C16H16BrN5/c1-11-8-12(2)22(21-11)15-6-7-18-16(20-15)19-10-13-4-3-5-14(17)9-13/h3-9H,10H2,1-2H3,(H,18,19,20). The Morgan fingerprint density at radius 2 is 2.05 bits per heavy atom. The van der Waals surface area contributed by atoms with E-state index in [1.807, 2.05) is 42.8 Å². The largest absolute Gasteiger partial charge is 0.350 e. The first-order valence-electron chi connectivity index (χ1n) is 6.97. The van der Waals surface area contributed by atoms with E-state index in [2.05, 4.69) is 48.4 Å². The van der Waals surface area contributed by atoms with Crippen molar-refractivity contribution in [1.82, 2.24) is 19.7 Å². The number of hydrogen-bond acceptors (Lipinski definition) is 4. The van der Waals surface area contributed by atoms with Crippen LogP contribution in [0.5, 0.6) is 0 Å². The second-order valence-electron chi connectivity index (χ2n) is 5.06. The minimum Gasteiger partial charge on any atom is -0.350 e. The summed E-state index contributed by atoms with van der Waals surface area (Å²) >= 11 is 3.47. The van der Waals surface area contributed by atoms with Gasteiger partial charge in [-0.3, -0.25) is 0 Å². The Hall–Kier alpha value is -2.21. The van der Waals surface area contributed by atoms with Crippen LogP contribution in [-0.4, -0.2) is 19.7 Å². The number of benzene rings is 1. The van der Waals surface area contributed by atoms with Gasteiger partial charge in [-0.25, -0.2) is 9.67 Å². The third kappa shape index (κ3) is 3.33. The molecule has 0 spiro atoms. The minimum atomic E-state index is 0.588. The van der Waals surface area contributed by atoms with E-state index in [-0.39, 0.29) is 0 Å². The third-order valence-electron chi connectivity index (χ3n) is 3.21. The summed E-state index contributed by atoms with van der Waals surface area (Å²) in [5, 5.41) is 7.68. The van der Waals surface area contributed by atoms with Crippen LogP contribution in [0, 0.1) is 13.8 Å². The zero-order valence-corrected chi connectivity index (χ0v) is 14.0. The fraction of sp³-hybridized carbons (Fsp3) is 0.188. The molecular formula is C16H16BrN5. The van der Waals surface area contributed by atoms with E-state index in [1.165, 1.54) is 0 Å². The average Bonchev–Trinajstić information content (AvgIpc) is 2.84. The topological polar surface area (TPSA) is 55.6 Å². The van der Waals surface area contributed by atoms with E-state index in [4.69, 9.17) is 0 Å². The highest BCUT2D eigenvalue weighted by atomic mass is 79.9. The van der Waals surface area contributed by atoms with Crippen molar-refractivity contribution in [2.24, 2.45) is 0 Å². The van der Waals surface area contributed by atoms with Crippen molar-refractivity contribution in [2.45, 2.75) is 20.4 Å². The molecule has 0 bridgehead atoms. The first-order chi connectivity index (χ1) is 10.6. The Balaban J connectivity index is 1.78. The maximum atomic E-state index is 4.52. The smallest absolute Gasteiger partial charge is 0.224 e. The van der Waals surface area contributed by atoms with Gasteiger partial charge in [0.25, 0.3) is 0 Å². The molecule has 1 N–H and O–H groups in total. The van der Waals surface area contributed by atoms with E-state index in [0.29, 0.717) is 12.5 Å². The van der Waals surface area contributed by atoms with Crippen molar-refractivity contribution < 1.29 is 0 Å². The average molecular weight is 358 g/mol. The normalized spacial score (nSPS) is 10.7. The summed E-state index contributed by atoms with van der Waals surface area (Å²) < 4.78 is 2.88. The molecule has 6 heteroatoms. The first kappa shape index (κ1) is 14.7. The van der Waals surface area contributed by atoms with E-state index in [9.17, 15) is 0 Å². The minimum absolute atomic E-state index is 0.588. The Bertz CT molecular complexity index is 797. The molecule has 3 rings (SSSR count). The van der Waals surface area contributed by atoms with E-state index >= 15 is 0 Å². The number of nitrogens with one attached hydrogen (secondary N) is 1. The van der Waals surface area contributed by atoms with E-state index in [0.717, 1.165) is 27.2 Å². The van der Waals surface area contributed by atoms with Crippen LogP contribution >= 0.6 is 15.9 Å². The monoisotopic (exact) mass is 357 g/mol. The van der Waals surface area contributed by atoms with Crippen molar-refractivity contribution in [2.75, 3.05) is 5.32 Å². The number of rotatable bonds is 4. The number of hydrogen-bond donors (Lipinski definition) is 1. The summed E-state index contributed by atoms with van der Waals surface area (Å²) in [4.78, 5) is 8.78. The highest BCUT2D eigenvalue weighted by Gasteiger charge is 2.06. The predicted molar refractivity (Wildman–Crippen MR) is 90.1 cm³/mol. The van der Waals surface area contributed by atoms with Gasteiger partial charge in [-0.05, 0) is 37.6 Å². The molecule has 0 aliphatic rings. The molecule has 0 fully saturated rings. The molecule has 0 amide bonds. The van der Waals surface area contributed by atoms with Crippen molar-refractivity contribution >= 4 is 21.9 Å². The van der Waals surface area contributed by atoms with Crippen LogP contribution in [0.15, 0.2) is 47.1 Å². The van der Waals surface area contributed by atoms with Gasteiger partial charge in [0, 0.05) is 29.0 Å². The lowest BCUT2D eigenvalue weighted by atomic mass is 10.2. The molecule has 3 aromatic rings. The van der Waals surface area contributed by atoms with Gasteiger partial charge in [-0.1, -0.05) is 28.1 Å². The van der Waals surface area contributed by atoms with Crippen molar-refractivity contribution in [3.63, 3.8) is 0 Å². The molecule has 0 saturated carbocycles. The lowest BCUT2D eigenvalue weighted by Gasteiger charge is -2.08. The number of aromatic nitrogens is 4. The summed E-state index contributed by atoms with van der Waals surface area (Å²) in [5.41, 5.74) is 3.18. The van der Waals surface area contributed by atoms with Crippen LogP contribution in [-0.2, 0) is 6.54 Å². The Morgan fingerprint density at radius 1 is 1.18 bits per heavy atom. The molecule has 2 heterocycles. The molecular weight excluding hydrogens is 342 g/mol. The highest BCUT2D eigenvalue weighted by molar-refractivity contribution is 9.10. The number of nitrogens with zero attached hydrogens (tertiary/aromatic N) is 4. The van der Waals surface area contributed by atoms with Gasteiger partial charge < -0.3 is 5.32 Å². The number of aryl methyl sites for hydroxylation is 2. The molecule has 112 valence electrons. The molecule has 0 unspecified atom stereocenters. The van der Waals surface area contributed by atoms with Gasteiger partial charge in [0.15, 0.2) is 5.82 Å². The SMILES string of the molecule is Cc1cc(C)n(-c2ccnc(NCc3cccc(Br)c3)n2)n1. The van der Waals surface area contributed by atoms with Crippen molar-refractivity contribution in [3.8, 4) is 5.82 Å². The summed E-state index contributed by atoms with van der Waals surface area (Å²) in [6, 6.07) is 12.0. The maximum Gasteiger partial charge on any atom is 0.224 e. The molecule has 0 atom stereocenters. The molecule has 1 aromatic carbocycles. The van der Waals surface area contributed by atoms with Crippen LogP contribution in [0.25, 0.3) is 5.82 Å². The molecule has 5 nitrogen and oxygen atoms in total. The van der Waals surface area contributed by atoms with Gasteiger partial charge >= 0.3 is 0 Å². The van der Waals surface area contributed by atoms with Gasteiger partial charge in [-0.2, -0.15) is 10.1 Å². The third-order valence-corrected chi connectivity index (χ3v) is 3.70. The molecule has 0 aliphatic carbocycles.